The lowest BCUT2D eigenvalue weighted by molar-refractivity contribution is 0.137. The number of carbonyl (C=O) groups excluding carboxylic acids is 1. The number of nitrogens with zero attached hydrogens (tertiary/aromatic N) is 2. The molecule has 2 N–H and O–H groups in total. The molecule has 3 aromatic carbocycles. The third-order valence-electron chi connectivity index (χ3n) is 4.86. The van der Waals surface area contributed by atoms with Crippen LogP contribution in [-0.2, 0) is 11.3 Å². The Morgan fingerprint density at radius 2 is 1.91 bits per heavy atom. The van der Waals surface area contributed by atoms with E-state index in [0.717, 1.165) is 22.2 Å². The molecule has 4 aromatic rings. The van der Waals surface area contributed by atoms with Crippen molar-refractivity contribution in [2.45, 2.75) is 6.61 Å². The maximum absolute atomic E-state index is 11.8. The molecule has 1 heterocycles. The molecule has 7 nitrogen and oxygen atoms in total. The molecule has 0 aliphatic heterocycles. The van der Waals surface area contributed by atoms with E-state index in [1.54, 1.807) is 30.5 Å². The van der Waals surface area contributed by atoms with Gasteiger partial charge in [-0.1, -0.05) is 36.4 Å². The van der Waals surface area contributed by atoms with Crippen LogP contribution in [0.4, 0.5) is 4.79 Å². The van der Waals surface area contributed by atoms with E-state index in [0.29, 0.717) is 11.3 Å². The van der Waals surface area contributed by atoms with Gasteiger partial charge in [-0.15, -0.1) is 0 Å². The lowest BCUT2D eigenvalue weighted by atomic mass is 10.2. The Balaban J connectivity index is 1.38. The number of phenolic OH excluding ortho intramolecular Hbond substituents is 1. The van der Waals surface area contributed by atoms with E-state index in [-0.39, 0.29) is 25.5 Å². The van der Waals surface area contributed by atoms with Gasteiger partial charge in [-0.05, 0) is 29.8 Å². The highest BCUT2D eigenvalue weighted by molar-refractivity contribution is 5.89. The molecule has 160 valence electrons. The van der Waals surface area contributed by atoms with E-state index in [9.17, 15) is 15.2 Å². The van der Waals surface area contributed by atoms with E-state index >= 15 is 0 Å². The number of carbonyl (C=O) groups is 1. The van der Waals surface area contributed by atoms with Gasteiger partial charge in [0.15, 0.2) is 0 Å². The van der Waals surface area contributed by atoms with Crippen LogP contribution in [0.2, 0.25) is 0 Å². The minimum Gasteiger partial charge on any atom is -0.508 e. The van der Waals surface area contributed by atoms with Crippen molar-refractivity contribution < 1.29 is 19.4 Å². The van der Waals surface area contributed by atoms with Gasteiger partial charge >= 0.3 is 6.09 Å². The summed E-state index contributed by atoms with van der Waals surface area (Å²) >= 11 is 0. The summed E-state index contributed by atoms with van der Waals surface area (Å²) < 4.78 is 12.8. The molecule has 0 unspecified atom stereocenters. The smallest absolute Gasteiger partial charge is 0.407 e. The molecule has 0 saturated heterocycles. The SMILES string of the molecule is N#Cc1cn(-c2cccc(O)c2)c2cc(OCCNC(=O)OCc3ccccc3)ccc12. The van der Waals surface area contributed by atoms with Gasteiger partial charge < -0.3 is 24.5 Å². The van der Waals surface area contributed by atoms with E-state index in [2.05, 4.69) is 11.4 Å². The highest BCUT2D eigenvalue weighted by Crippen LogP contribution is 2.29. The number of hydrogen-bond donors (Lipinski definition) is 2. The number of aromatic nitrogens is 1. The average molecular weight is 427 g/mol. The zero-order valence-corrected chi connectivity index (χ0v) is 17.2. The Morgan fingerprint density at radius 3 is 2.69 bits per heavy atom. The number of nitriles is 1. The number of aromatic hydroxyl groups is 1. The third-order valence-corrected chi connectivity index (χ3v) is 4.86. The van der Waals surface area contributed by atoms with E-state index in [1.165, 1.54) is 0 Å². The van der Waals surface area contributed by atoms with E-state index < -0.39 is 6.09 Å². The predicted octanol–water partition coefficient (Wildman–Crippen LogP) is 4.51. The number of amides is 1. The number of phenols is 1. The van der Waals surface area contributed by atoms with Crippen LogP contribution in [0.3, 0.4) is 0 Å². The lowest BCUT2D eigenvalue weighted by Gasteiger charge is -2.10. The Hall–Kier alpha value is -4.44. The summed E-state index contributed by atoms with van der Waals surface area (Å²) in [6.07, 6.45) is 1.22. The fourth-order valence-electron chi connectivity index (χ4n) is 3.34. The molecule has 0 fully saturated rings. The molecule has 0 bridgehead atoms. The number of fused-ring (bicyclic) bond motifs is 1. The van der Waals surface area contributed by atoms with E-state index in [4.69, 9.17) is 9.47 Å². The van der Waals surface area contributed by atoms with Gasteiger partial charge in [0.05, 0.1) is 17.6 Å². The van der Waals surface area contributed by atoms with Crippen LogP contribution >= 0.6 is 0 Å². The van der Waals surface area contributed by atoms with Crippen LogP contribution < -0.4 is 10.1 Å². The Kier molecular flexibility index (Phi) is 6.23. The van der Waals surface area contributed by atoms with Crippen LogP contribution in [0.15, 0.2) is 79.0 Å². The highest BCUT2D eigenvalue weighted by atomic mass is 16.5. The number of hydrogen-bond acceptors (Lipinski definition) is 5. The van der Waals surface area contributed by atoms with Gasteiger partial charge in [-0.25, -0.2) is 4.79 Å². The zero-order chi connectivity index (χ0) is 22.3. The van der Waals surface area contributed by atoms with Gasteiger partial charge in [0, 0.05) is 29.4 Å². The Labute approximate surface area is 185 Å². The molecule has 0 atom stereocenters. The lowest BCUT2D eigenvalue weighted by Crippen LogP contribution is -2.28. The highest BCUT2D eigenvalue weighted by Gasteiger charge is 2.11. The van der Waals surface area contributed by atoms with Crippen molar-refractivity contribution in [2.24, 2.45) is 0 Å². The van der Waals surface area contributed by atoms with Crippen LogP contribution in [-0.4, -0.2) is 28.9 Å². The summed E-state index contributed by atoms with van der Waals surface area (Å²) in [5.41, 5.74) is 2.95. The summed E-state index contributed by atoms with van der Waals surface area (Å²) in [5, 5.41) is 22.7. The number of rotatable bonds is 7. The van der Waals surface area contributed by atoms with Crippen molar-refractivity contribution in [1.82, 2.24) is 9.88 Å². The molecule has 4 rings (SSSR count). The predicted molar refractivity (Wildman–Crippen MR) is 120 cm³/mol. The zero-order valence-electron chi connectivity index (χ0n) is 17.2. The van der Waals surface area contributed by atoms with Crippen LogP contribution in [0.25, 0.3) is 16.6 Å². The molecule has 0 aliphatic carbocycles. The summed E-state index contributed by atoms with van der Waals surface area (Å²) in [5.74, 6) is 0.737. The van der Waals surface area contributed by atoms with Gasteiger partial charge in [-0.2, -0.15) is 5.26 Å². The van der Waals surface area contributed by atoms with E-state index in [1.807, 2.05) is 53.1 Å². The van der Waals surface area contributed by atoms with Crippen molar-refractivity contribution >= 4 is 17.0 Å². The first-order valence-corrected chi connectivity index (χ1v) is 10.1. The number of alkyl carbamates (subject to hydrolysis) is 1. The quantitative estimate of drug-likeness (QED) is 0.423. The van der Waals surface area contributed by atoms with Crippen molar-refractivity contribution in [1.29, 1.82) is 5.26 Å². The van der Waals surface area contributed by atoms with Gasteiger partial charge in [0.25, 0.3) is 0 Å². The monoisotopic (exact) mass is 427 g/mol. The molecule has 7 heteroatoms. The molecule has 0 radical (unpaired) electrons. The molecular formula is C25H21N3O4. The third kappa shape index (κ3) is 4.82. The van der Waals surface area contributed by atoms with Crippen molar-refractivity contribution in [3.05, 3.63) is 90.1 Å². The van der Waals surface area contributed by atoms with Crippen molar-refractivity contribution in [3.8, 4) is 23.3 Å². The first-order valence-electron chi connectivity index (χ1n) is 10.1. The molecule has 0 spiro atoms. The molecule has 1 amide bonds. The fourth-order valence-corrected chi connectivity index (χ4v) is 3.34. The van der Waals surface area contributed by atoms with Crippen molar-refractivity contribution in [2.75, 3.05) is 13.2 Å². The number of nitrogens with one attached hydrogen (secondary N) is 1. The minimum absolute atomic E-state index is 0.139. The fraction of sp³-hybridized carbons (Fsp3) is 0.120. The van der Waals surface area contributed by atoms with Gasteiger partial charge in [0.2, 0.25) is 0 Å². The number of ether oxygens (including phenoxy) is 2. The largest absolute Gasteiger partial charge is 0.508 e. The first-order chi connectivity index (χ1) is 15.6. The summed E-state index contributed by atoms with van der Waals surface area (Å²) in [6, 6.07) is 23.9. The molecule has 1 aromatic heterocycles. The minimum atomic E-state index is -0.510. The Morgan fingerprint density at radius 1 is 1.06 bits per heavy atom. The van der Waals surface area contributed by atoms with Crippen LogP contribution in [0.1, 0.15) is 11.1 Å². The second kappa shape index (κ2) is 9.58. The second-order valence-electron chi connectivity index (χ2n) is 7.06. The second-order valence-corrected chi connectivity index (χ2v) is 7.06. The van der Waals surface area contributed by atoms with Gasteiger partial charge in [0.1, 0.15) is 30.8 Å². The summed E-state index contributed by atoms with van der Waals surface area (Å²) in [4.78, 5) is 11.8. The number of benzene rings is 3. The standard InChI is InChI=1S/C25H21N3O4/c26-15-19-16-28(20-7-4-8-21(29)13-20)24-14-22(9-10-23(19)24)31-12-11-27-25(30)32-17-18-5-2-1-3-6-18/h1-10,13-14,16,29H,11-12,17H2,(H,27,30). The summed E-state index contributed by atoms with van der Waals surface area (Å²) in [7, 11) is 0. The molecule has 0 saturated carbocycles. The maximum atomic E-state index is 11.8. The first kappa shape index (κ1) is 20.8. The normalized spacial score (nSPS) is 10.5. The topological polar surface area (TPSA) is 96.5 Å². The average Bonchev–Trinajstić information content (AvgIpc) is 3.19. The summed E-state index contributed by atoms with van der Waals surface area (Å²) in [6.45, 7) is 0.740. The van der Waals surface area contributed by atoms with Crippen molar-refractivity contribution in [3.63, 3.8) is 0 Å². The van der Waals surface area contributed by atoms with Crippen LogP contribution in [0, 0.1) is 11.3 Å². The molecule has 32 heavy (non-hydrogen) atoms. The molecule has 0 aliphatic rings. The Bertz CT molecular complexity index is 1280. The van der Waals surface area contributed by atoms with Crippen LogP contribution in [0.5, 0.6) is 11.5 Å². The molecular weight excluding hydrogens is 406 g/mol. The van der Waals surface area contributed by atoms with Gasteiger partial charge in [-0.3, -0.25) is 0 Å². The maximum Gasteiger partial charge on any atom is 0.407 e.